The van der Waals surface area contributed by atoms with E-state index in [1.165, 1.54) is 6.92 Å². The summed E-state index contributed by atoms with van der Waals surface area (Å²) in [5, 5.41) is 15.2. The Bertz CT molecular complexity index is 718. The SMILES string of the molecule is CC(N)=NOC(=O)C(Cc1c[nH]c2ccccc12)NC(=O)O. The number of hydrogen-bond donors (Lipinski definition) is 4. The number of carboxylic acid groups (broad SMARTS) is 1. The summed E-state index contributed by atoms with van der Waals surface area (Å²) in [6, 6.07) is 6.42. The van der Waals surface area contributed by atoms with Crippen molar-refractivity contribution in [3.63, 3.8) is 0 Å². The monoisotopic (exact) mass is 304 g/mol. The number of amides is 1. The second kappa shape index (κ2) is 6.61. The number of hydrogen-bond acceptors (Lipinski definition) is 4. The quantitative estimate of drug-likeness (QED) is 0.285. The van der Waals surface area contributed by atoms with Crippen LogP contribution in [0.1, 0.15) is 12.5 Å². The number of rotatable bonds is 5. The molecule has 8 nitrogen and oxygen atoms in total. The number of nitrogens with zero attached hydrogens (tertiary/aromatic N) is 1. The Morgan fingerprint density at radius 2 is 2.18 bits per heavy atom. The number of fused-ring (bicyclic) bond motifs is 1. The predicted octanol–water partition coefficient (Wildman–Crippen LogP) is 1.18. The zero-order valence-electron chi connectivity index (χ0n) is 11.9. The molecule has 1 atom stereocenters. The van der Waals surface area contributed by atoms with Gasteiger partial charge in [0, 0.05) is 23.5 Å². The molecule has 1 aromatic carbocycles. The molecular weight excluding hydrogens is 288 g/mol. The molecule has 0 aliphatic heterocycles. The van der Waals surface area contributed by atoms with Crippen LogP contribution < -0.4 is 11.1 Å². The van der Waals surface area contributed by atoms with Crippen molar-refractivity contribution in [1.82, 2.24) is 10.3 Å². The van der Waals surface area contributed by atoms with Crippen molar-refractivity contribution in [3.8, 4) is 0 Å². The smallest absolute Gasteiger partial charge is 0.405 e. The van der Waals surface area contributed by atoms with E-state index in [0.717, 1.165) is 16.5 Å². The molecule has 0 saturated heterocycles. The highest BCUT2D eigenvalue weighted by Crippen LogP contribution is 2.19. The van der Waals surface area contributed by atoms with Crippen molar-refractivity contribution in [2.45, 2.75) is 19.4 Å². The summed E-state index contributed by atoms with van der Waals surface area (Å²) in [6.45, 7) is 1.45. The molecule has 0 radical (unpaired) electrons. The van der Waals surface area contributed by atoms with Crippen molar-refractivity contribution in [1.29, 1.82) is 0 Å². The second-order valence-electron chi connectivity index (χ2n) is 4.71. The molecule has 1 heterocycles. The van der Waals surface area contributed by atoms with Crippen molar-refractivity contribution in [2.24, 2.45) is 10.9 Å². The molecule has 0 fully saturated rings. The lowest BCUT2D eigenvalue weighted by Gasteiger charge is -2.13. The molecule has 1 amide bonds. The van der Waals surface area contributed by atoms with Crippen LogP contribution in [0.25, 0.3) is 10.9 Å². The van der Waals surface area contributed by atoms with Crippen molar-refractivity contribution >= 4 is 28.8 Å². The van der Waals surface area contributed by atoms with Crippen LogP contribution >= 0.6 is 0 Å². The average molecular weight is 304 g/mol. The number of amidine groups is 1. The number of carbonyl (C=O) groups excluding carboxylic acids is 1. The maximum atomic E-state index is 11.9. The first-order valence-corrected chi connectivity index (χ1v) is 6.52. The summed E-state index contributed by atoms with van der Waals surface area (Å²) in [6.07, 6.45) is 0.537. The lowest BCUT2D eigenvalue weighted by Crippen LogP contribution is -2.42. The van der Waals surface area contributed by atoms with Gasteiger partial charge in [-0.25, -0.2) is 9.59 Å². The van der Waals surface area contributed by atoms with Gasteiger partial charge >= 0.3 is 12.1 Å². The number of H-pyrrole nitrogens is 1. The fourth-order valence-corrected chi connectivity index (χ4v) is 2.04. The molecule has 8 heteroatoms. The van der Waals surface area contributed by atoms with Gasteiger partial charge in [-0.3, -0.25) is 0 Å². The largest absolute Gasteiger partial charge is 0.465 e. The van der Waals surface area contributed by atoms with Crippen LogP contribution in [0.2, 0.25) is 0 Å². The highest BCUT2D eigenvalue weighted by atomic mass is 16.7. The summed E-state index contributed by atoms with van der Waals surface area (Å²) in [5.74, 6) is -0.757. The molecule has 0 aliphatic carbocycles. The van der Waals surface area contributed by atoms with Gasteiger partial charge in [0.1, 0.15) is 11.9 Å². The van der Waals surface area contributed by atoms with Crippen LogP contribution in [0.4, 0.5) is 4.79 Å². The van der Waals surface area contributed by atoms with E-state index in [2.05, 4.69) is 20.3 Å². The predicted molar refractivity (Wildman–Crippen MR) is 80.3 cm³/mol. The molecule has 0 spiro atoms. The van der Waals surface area contributed by atoms with E-state index in [0.29, 0.717) is 0 Å². The minimum absolute atomic E-state index is 0.0644. The first-order chi connectivity index (χ1) is 10.5. The average Bonchev–Trinajstić information content (AvgIpc) is 2.87. The first kappa shape index (κ1) is 15.4. The van der Waals surface area contributed by atoms with Crippen LogP contribution in [-0.2, 0) is 16.1 Å². The lowest BCUT2D eigenvalue weighted by molar-refractivity contribution is -0.146. The summed E-state index contributed by atoms with van der Waals surface area (Å²) >= 11 is 0. The molecule has 2 rings (SSSR count). The third-order valence-electron chi connectivity index (χ3n) is 2.96. The zero-order chi connectivity index (χ0) is 16.1. The molecule has 0 bridgehead atoms. The van der Waals surface area contributed by atoms with Gasteiger partial charge in [-0.05, 0) is 18.6 Å². The fraction of sp³-hybridized carbons (Fsp3) is 0.214. The van der Waals surface area contributed by atoms with Crippen LogP contribution in [0.5, 0.6) is 0 Å². The molecule has 1 aromatic heterocycles. The van der Waals surface area contributed by atoms with Crippen LogP contribution in [0, 0.1) is 0 Å². The Balaban J connectivity index is 2.20. The molecule has 5 N–H and O–H groups in total. The Morgan fingerprint density at radius 1 is 1.45 bits per heavy atom. The summed E-state index contributed by atoms with van der Waals surface area (Å²) in [7, 11) is 0. The maximum Gasteiger partial charge on any atom is 0.405 e. The molecule has 2 aromatic rings. The van der Waals surface area contributed by atoms with E-state index in [-0.39, 0.29) is 12.3 Å². The van der Waals surface area contributed by atoms with Gasteiger partial charge in [0.2, 0.25) is 0 Å². The van der Waals surface area contributed by atoms with E-state index in [9.17, 15) is 9.59 Å². The van der Waals surface area contributed by atoms with Crippen LogP contribution in [0.3, 0.4) is 0 Å². The molecule has 0 aliphatic rings. The second-order valence-corrected chi connectivity index (χ2v) is 4.71. The number of carbonyl (C=O) groups is 2. The number of nitrogens with two attached hydrogens (primary N) is 1. The highest BCUT2D eigenvalue weighted by Gasteiger charge is 2.24. The molecule has 22 heavy (non-hydrogen) atoms. The third kappa shape index (κ3) is 3.75. The first-order valence-electron chi connectivity index (χ1n) is 6.52. The van der Waals surface area contributed by atoms with E-state index in [1.54, 1.807) is 6.20 Å². The maximum absolute atomic E-state index is 11.9. The number of aromatic nitrogens is 1. The van der Waals surface area contributed by atoms with E-state index >= 15 is 0 Å². The molecule has 116 valence electrons. The van der Waals surface area contributed by atoms with Crippen LogP contribution in [-0.4, -0.2) is 34.0 Å². The van der Waals surface area contributed by atoms with Gasteiger partial charge in [-0.2, -0.15) is 0 Å². The summed E-state index contributed by atoms with van der Waals surface area (Å²) in [5.41, 5.74) is 6.97. The summed E-state index contributed by atoms with van der Waals surface area (Å²) in [4.78, 5) is 30.5. The molecular formula is C14H16N4O4. The Morgan fingerprint density at radius 3 is 2.86 bits per heavy atom. The van der Waals surface area contributed by atoms with Gasteiger partial charge in [0.25, 0.3) is 0 Å². The van der Waals surface area contributed by atoms with Crippen molar-refractivity contribution in [2.75, 3.05) is 0 Å². The zero-order valence-corrected chi connectivity index (χ0v) is 11.9. The van der Waals surface area contributed by atoms with Gasteiger partial charge in [0.15, 0.2) is 0 Å². The lowest BCUT2D eigenvalue weighted by atomic mass is 10.1. The molecule has 0 saturated carbocycles. The Kier molecular flexibility index (Phi) is 4.62. The van der Waals surface area contributed by atoms with Gasteiger partial charge < -0.3 is 26.0 Å². The van der Waals surface area contributed by atoms with Gasteiger partial charge in [0.05, 0.1) is 0 Å². The van der Waals surface area contributed by atoms with Crippen molar-refractivity contribution < 1.29 is 19.5 Å². The number of benzene rings is 1. The summed E-state index contributed by atoms with van der Waals surface area (Å²) < 4.78 is 0. The molecule has 1 unspecified atom stereocenters. The topological polar surface area (TPSA) is 130 Å². The normalized spacial score (nSPS) is 12.9. The van der Waals surface area contributed by atoms with E-state index < -0.39 is 18.1 Å². The Hall–Kier alpha value is -3.03. The van der Waals surface area contributed by atoms with Crippen molar-refractivity contribution in [3.05, 3.63) is 36.0 Å². The van der Waals surface area contributed by atoms with Crippen LogP contribution in [0.15, 0.2) is 35.6 Å². The fourth-order valence-electron chi connectivity index (χ4n) is 2.04. The number of aromatic amines is 1. The third-order valence-corrected chi connectivity index (χ3v) is 2.96. The van der Waals surface area contributed by atoms with E-state index in [1.807, 2.05) is 24.3 Å². The van der Waals surface area contributed by atoms with E-state index in [4.69, 9.17) is 10.8 Å². The number of para-hydroxylation sites is 1. The minimum Gasteiger partial charge on any atom is -0.465 e. The highest BCUT2D eigenvalue weighted by molar-refractivity contribution is 5.86. The number of nitrogens with one attached hydrogen (secondary N) is 2. The minimum atomic E-state index is -1.32. The Labute approximate surface area is 125 Å². The van der Waals surface area contributed by atoms with Gasteiger partial charge in [-0.15, -0.1) is 0 Å². The standard InChI is InChI=1S/C14H16N4O4/c1-8(15)18-22-13(19)12(17-14(20)21)6-9-7-16-11-5-3-2-4-10(9)11/h2-5,7,12,16-17H,6H2,1H3,(H2,15,18)(H,20,21). The number of oxime groups is 1. The van der Waals surface area contributed by atoms with Gasteiger partial charge in [-0.1, -0.05) is 23.4 Å².